The molecule has 6 heteroatoms. The van der Waals surface area contributed by atoms with E-state index in [1.165, 1.54) is 6.07 Å². The second-order valence-electron chi connectivity index (χ2n) is 3.64. The molecule has 0 saturated heterocycles. The number of nitrogens with zero attached hydrogens (tertiary/aromatic N) is 1. The van der Waals surface area contributed by atoms with Crippen LogP contribution >= 0.6 is 0 Å². The van der Waals surface area contributed by atoms with E-state index in [0.29, 0.717) is 13.0 Å². The molecule has 0 spiro atoms. The average molecular weight is 242 g/mol. The zero-order valence-electron chi connectivity index (χ0n) is 9.03. The van der Waals surface area contributed by atoms with Crippen molar-refractivity contribution in [3.63, 3.8) is 0 Å². The molecule has 1 aliphatic rings. The second-order valence-corrected chi connectivity index (χ2v) is 3.64. The van der Waals surface area contributed by atoms with Gasteiger partial charge in [-0.25, -0.2) is 13.8 Å². The molecule has 1 aliphatic heterocycles. The highest BCUT2D eigenvalue weighted by Crippen LogP contribution is 2.18. The summed E-state index contributed by atoms with van der Waals surface area (Å²) in [5.74, 6) is -1.31. The van der Waals surface area contributed by atoms with Gasteiger partial charge in [0.2, 0.25) is 0 Å². The molecular formula is C11H12F2N2O2. The van der Waals surface area contributed by atoms with Crippen LogP contribution in [0.4, 0.5) is 8.78 Å². The Morgan fingerprint density at radius 2 is 2.29 bits per heavy atom. The quantitative estimate of drug-likeness (QED) is 0.869. The third kappa shape index (κ3) is 3.05. The first kappa shape index (κ1) is 11.6. The van der Waals surface area contributed by atoms with Gasteiger partial charge in [0.15, 0.2) is 11.6 Å². The summed E-state index contributed by atoms with van der Waals surface area (Å²) in [6, 6.07) is 3.30. The van der Waals surface area contributed by atoms with Gasteiger partial charge in [0.05, 0.1) is 12.6 Å². The summed E-state index contributed by atoms with van der Waals surface area (Å²) < 4.78 is 35.9. The van der Waals surface area contributed by atoms with E-state index in [4.69, 9.17) is 15.2 Å². The lowest BCUT2D eigenvalue weighted by atomic mass is 10.2. The lowest BCUT2D eigenvalue weighted by Gasteiger charge is -2.08. The molecule has 0 aliphatic carbocycles. The van der Waals surface area contributed by atoms with E-state index < -0.39 is 11.6 Å². The van der Waals surface area contributed by atoms with Crippen molar-refractivity contribution in [1.82, 2.24) is 0 Å². The van der Waals surface area contributed by atoms with Crippen molar-refractivity contribution in [2.45, 2.75) is 12.5 Å². The van der Waals surface area contributed by atoms with Gasteiger partial charge in [-0.1, -0.05) is 0 Å². The van der Waals surface area contributed by atoms with Crippen LogP contribution in [-0.2, 0) is 4.74 Å². The Morgan fingerprint density at radius 1 is 1.47 bits per heavy atom. The fourth-order valence-corrected chi connectivity index (χ4v) is 1.48. The molecule has 2 rings (SSSR count). The monoisotopic (exact) mass is 242 g/mol. The molecule has 4 nitrogen and oxygen atoms in total. The molecule has 0 saturated carbocycles. The van der Waals surface area contributed by atoms with Crippen LogP contribution in [0, 0.1) is 11.6 Å². The fourth-order valence-electron chi connectivity index (χ4n) is 1.48. The summed E-state index contributed by atoms with van der Waals surface area (Å²) in [4.78, 5) is 3.99. The van der Waals surface area contributed by atoms with Crippen LogP contribution in [0.5, 0.6) is 5.75 Å². The lowest BCUT2D eigenvalue weighted by molar-refractivity contribution is 0.256. The van der Waals surface area contributed by atoms with Gasteiger partial charge in [-0.15, -0.1) is 0 Å². The molecule has 92 valence electrons. The topological polar surface area (TPSA) is 56.8 Å². The molecular weight excluding hydrogens is 230 g/mol. The number of aliphatic imine (C=N–C) groups is 1. The fraction of sp³-hybridized carbons (Fsp3) is 0.364. The van der Waals surface area contributed by atoms with Crippen molar-refractivity contribution < 1.29 is 18.3 Å². The highest BCUT2D eigenvalue weighted by Gasteiger charge is 2.16. The Bertz CT molecular complexity index is 437. The smallest absolute Gasteiger partial charge is 0.282 e. The van der Waals surface area contributed by atoms with E-state index in [0.717, 1.165) is 12.1 Å². The zero-order chi connectivity index (χ0) is 12.3. The Kier molecular flexibility index (Phi) is 3.41. The number of rotatable bonds is 4. The lowest BCUT2D eigenvalue weighted by Crippen LogP contribution is -2.12. The number of halogens is 2. The molecule has 2 N–H and O–H groups in total. The minimum absolute atomic E-state index is 0.0299. The number of hydrogen-bond donors (Lipinski definition) is 1. The van der Waals surface area contributed by atoms with Crippen molar-refractivity contribution in [3.05, 3.63) is 29.8 Å². The van der Waals surface area contributed by atoms with Crippen molar-refractivity contribution in [2.24, 2.45) is 10.7 Å². The summed E-state index contributed by atoms with van der Waals surface area (Å²) >= 11 is 0. The molecule has 0 radical (unpaired) electrons. The van der Waals surface area contributed by atoms with Gasteiger partial charge in [0.25, 0.3) is 6.02 Å². The van der Waals surface area contributed by atoms with Crippen molar-refractivity contribution in [1.29, 1.82) is 0 Å². The van der Waals surface area contributed by atoms with Crippen molar-refractivity contribution >= 4 is 6.02 Å². The Labute approximate surface area is 97.0 Å². The van der Waals surface area contributed by atoms with E-state index >= 15 is 0 Å². The van der Waals surface area contributed by atoms with Crippen LogP contribution in [0.25, 0.3) is 0 Å². The first-order valence-corrected chi connectivity index (χ1v) is 5.19. The molecule has 1 aromatic rings. The van der Waals surface area contributed by atoms with Crippen molar-refractivity contribution in [2.75, 3.05) is 13.2 Å². The molecule has 0 fully saturated rings. The number of benzene rings is 1. The van der Waals surface area contributed by atoms with Gasteiger partial charge in [-0.2, -0.15) is 0 Å². The second kappa shape index (κ2) is 4.99. The minimum atomic E-state index is -0.712. The largest absolute Gasteiger partial charge is 0.490 e. The maximum atomic E-state index is 13.2. The van der Waals surface area contributed by atoms with Gasteiger partial charge in [-0.3, -0.25) is 0 Å². The number of amidine groups is 1. The number of hydrogen-bond acceptors (Lipinski definition) is 4. The Hall–Kier alpha value is -1.85. The first-order chi connectivity index (χ1) is 8.15. The third-order valence-corrected chi connectivity index (χ3v) is 2.34. The van der Waals surface area contributed by atoms with Crippen LogP contribution in [-0.4, -0.2) is 25.3 Å². The standard InChI is InChI=1S/C11H12F2N2O2/c12-7-1-2-10(9(13)5-7)16-4-3-8-6-17-11(14)15-8/h1-2,5,8H,3-4,6H2,(H2,14,15)/t8-/m0/s1. The molecule has 1 aromatic carbocycles. The van der Waals surface area contributed by atoms with E-state index in [1.54, 1.807) is 0 Å². The normalized spacial score (nSPS) is 18.7. The maximum absolute atomic E-state index is 13.2. The molecule has 1 atom stereocenters. The molecule has 0 bridgehead atoms. The van der Waals surface area contributed by atoms with Gasteiger partial charge in [0.1, 0.15) is 12.4 Å². The van der Waals surface area contributed by atoms with Crippen LogP contribution in [0.2, 0.25) is 0 Å². The Balaban J connectivity index is 1.82. The van der Waals surface area contributed by atoms with Gasteiger partial charge >= 0.3 is 0 Å². The van der Waals surface area contributed by atoms with E-state index in [9.17, 15) is 8.78 Å². The summed E-state index contributed by atoms with van der Waals surface area (Å²) in [6.07, 6.45) is 0.567. The minimum Gasteiger partial charge on any atom is -0.490 e. The van der Waals surface area contributed by atoms with Crippen LogP contribution in [0.3, 0.4) is 0 Å². The third-order valence-electron chi connectivity index (χ3n) is 2.34. The highest BCUT2D eigenvalue weighted by molar-refractivity contribution is 5.72. The maximum Gasteiger partial charge on any atom is 0.282 e. The number of ether oxygens (including phenoxy) is 2. The summed E-state index contributed by atoms with van der Waals surface area (Å²) in [5.41, 5.74) is 5.33. The van der Waals surface area contributed by atoms with E-state index in [1.807, 2.05) is 0 Å². The average Bonchev–Trinajstić information content (AvgIpc) is 2.68. The first-order valence-electron chi connectivity index (χ1n) is 5.19. The van der Waals surface area contributed by atoms with E-state index in [2.05, 4.69) is 4.99 Å². The van der Waals surface area contributed by atoms with Gasteiger partial charge < -0.3 is 15.2 Å². The molecule has 0 amide bonds. The Morgan fingerprint density at radius 3 is 2.94 bits per heavy atom. The summed E-state index contributed by atoms with van der Waals surface area (Å²) in [6.45, 7) is 0.689. The highest BCUT2D eigenvalue weighted by atomic mass is 19.1. The van der Waals surface area contributed by atoms with E-state index in [-0.39, 0.29) is 24.4 Å². The van der Waals surface area contributed by atoms with Crippen LogP contribution in [0.1, 0.15) is 6.42 Å². The van der Waals surface area contributed by atoms with Gasteiger partial charge in [0, 0.05) is 12.5 Å². The zero-order valence-corrected chi connectivity index (χ0v) is 9.03. The predicted molar refractivity (Wildman–Crippen MR) is 57.8 cm³/mol. The number of nitrogens with two attached hydrogens (primary N) is 1. The van der Waals surface area contributed by atoms with Crippen LogP contribution in [0.15, 0.2) is 23.2 Å². The molecule has 17 heavy (non-hydrogen) atoms. The van der Waals surface area contributed by atoms with Crippen LogP contribution < -0.4 is 10.5 Å². The van der Waals surface area contributed by atoms with Crippen molar-refractivity contribution in [3.8, 4) is 5.75 Å². The molecule has 0 unspecified atom stereocenters. The summed E-state index contributed by atoms with van der Waals surface area (Å²) in [7, 11) is 0. The molecule has 1 heterocycles. The molecule has 0 aromatic heterocycles. The van der Waals surface area contributed by atoms with Gasteiger partial charge in [-0.05, 0) is 12.1 Å². The SMILES string of the molecule is NC1=N[C@@H](CCOc2ccc(F)cc2F)CO1. The predicted octanol–water partition coefficient (Wildman–Crippen LogP) is 1.45. The summed E-state index contributed by atoms with van der Waals surface area (Å²) in [5, 5.41) is 0.